The second-order valence-corrected chi connectivity index (χ2v) is 9.63. The maximum atomic E-state index is 14.5. The van der Waals surface area contributed by atoms with Crippen molar-refractivity contribution < 1.29 is 41.4 Å². The highest BCUT2D eigenvalue weighted by molar-refractivity contribution is 6.05. The van der Waals surface area contributed by atoms with E-state index in [9.17, 15) is 36.6 Å². The molecule has 0 radical (unpaired) electrons. The number of H-pyrrole nitrogens is 1. The third kappa shape index (κ3) is 4.22. The average molecular weight is 560 g/mol. The van der Waals surface area contributed by atoms with E-state index >= 15 is 0 Å². The number of nitrogens with one attached hydrogen (secondary N) is 2. The molecule has 0 spiro atoms. The van der Waals surface area contributed by atoms with E-state index in [1.54, 1.807) is 0 Å². The lowest BCUT2D eigenvalue weighted by Gasteiger charge is -2.31. The van der Waals surface area contributed by atoms with Gasteiger partial charge in [-0.25, -0.2) is 13.8 Å². The van der Waals surface area contributed by atoms with Crippen molar-refractivity contribution in [1.82, 2.24) is 15.3 Å². The van der Waals surface area contributed by atoms with Gasteiger partial charge in [-0.05, 0) is 55.5 Å². The monoisotopic (exact) mass is 560 g/mol. The van der Waals surface area contributed by atoms with Gasteiger partial charge in [-0.1, -0.05) is 0 Å². The van der Waals surface area contributed by atoms with Crippen molar-refractivity contribution in [2.45, 2.75) is 24.1 Å². The Balaban J connectivity index is 1.61. The molecule has 2 atom stereocenters. The summed E-state index contributed by atoms with van der Waals surface area (Å²) in [5, 5.41) is 13.2. The van der Waals surface area contributed by atoms with E-state index in [-0.39, 0.29) is 45.6 Å². The first-order chi connectivity index (χ1) is 18.8. The Labute approximate surface area is 223 Å². The fraction of sp³-hybridized carbons (Fsp3) is 0.222. The van der Waals surface area contributed by atoms with E-state index in [0.29, 0.717) is 0 Å². The van der Waals surface area contributed by atoms with Gasteiger partial charge in [0.25, 0.3) is 5.91 Å². The van der Waals surface area contributed by atoms with Crippen LogP contribution in [-0.4, -0.2) is 46.2 Å². The van der Waals surface area contributed by atoms with Gasteiger partial charge in [0, 0.05) is 22.7 Å². The molecule has 0 fully saturated rings. The van der Waals surface area contributed by atoms with Gasteiger partial charge in [-0.2, -0.15) is 13.2 Å². The van der Waals surface area contributed by atoms with Crippen LogP contribution in [0.5, 0.6) is 5.75 Å². The lowest BCUT2D eigenvalue weighted by molar-refractivity contribution is -0.265. The molecule has 0 saturated heterocycles. The van der Waals surface area contributed by atoms with Gasteiger partial charge in [0.05, 0.1) is 23.3 Å². The number of carbonyl (C=O) groups is 2. The summed E-state index contributed by atoms with van der Waals surface area (Å²) in [4.78, 5) is 31.9. The molecule has 1 unspecified atom stereocenters. The normalized spacial score (nSPS) is 18.2. The van der Waals surface area contributed by atoms with E-state index in [4.69, 9.17) is 10.5 Å². The van der Waals surface area contributed by atoms with Crippen LogP contribution in [0.15, 0.2) is 54.7 Å². The number of aliphatic hydroxyl groups is 1. The van der Waals surface area contributed by atoms with Crippen molar-refractivity contribution in [3.8, 4) is 17.0 Å². The van der Waals surface area contributed by atoms with E-state index in [0.717, 1.165) is 30.3 Å². The molecule has 13 heteroatoms. The van der Waals surface area contributed by atoms with Crippen LogP contribution in [0.1, 0.15) is 28.5 Å². The van der Waals surface area contributed by atoms with E-state index < -0.39 is 52.9 Å². The minimum absolute atomic E-state index is 0.0497. The average Bonchev–Trinajstić information content (AvgIpc) is 3.53. The zero-order valence-electron chi connectivity index (χ0n) is 20.7. The molecular formula is C27H21F5N4O4. The SMILES string of the molecule is C[C@]1(C(N)=O)COc2c1cc(C(O)(CNC(=O)c1ccc(F)c3cc[nH]c13)C(F)(F)F)nc2-c1ccc(F)cc1. The van der Waals surface area contributed by atoms with Gasteiger partial charge in [0.2, 0.25) is 11.5 Å². The number of carbonyl (C=O) groups excluding carboxylic acids is 2. The molecule has 1 aliphatic rings. The summed E-state index contributed by atoms with van der Waals surface area (Å²) < 4.78 is 76.8. The number of aromatic amines is 1. The highest BCUT2D eigenvalue weighted by Gasteiger charge is 2.57. The zero-order valence-corrected chi connectivity index (χ0v) is 20.7. The smallest absolute Gasteiger partial charge is 0.424 e. The molecular weight excluding hydrogens is 539 g/mol. The van der Waals surface area contributed by atoms with Crippen LogP contribution in [-0.2, 0) is 15.8 Å². The number of aromatic nitrogens is 2. The van der Waals surface area contributed by atoms with Gasteiger partial charge >= 0.3 is 6.18 Å². The highest BCUT2D eigenvalue weighted by atomic mass is 19.4. The number of amides is 2. The minimum atomic E-state index is -5.38. The standard InChI is InChI=1S/C27H21F5N4O4/c1-25(24(33)38)12-40-22-17(25)10-19(36-20(22)13-2-4-14(28)5-3-13)26(39,27(30,31)32)11-35-23(37)16-6-7-18(29)15-8-9-34-21(15)16/h2-10,34,39H,11-12H2,1H3,(H2,33,38)(H,35,37)/t25-,26?/m0/s1. The zero-order chi connectivity index (χ0) is 29.0. The first-order valence-corrected chi connectivity index (χ1v) is 11.8. The fourth-order valence-corrected chi connectivity index (χ4v) is 4.55. The number of alkyl halides is 3. The first-order valence-electron chi connectivity index (χ1n) is 11.8. The molecule has 2 aromatic heterocycles. The Hall–Kier alpha value is -4.52. The Kier molecular flexibility index (Phi) is 6.29. The fourth-order valence-electron chi connectivity index (χ4n) is 4.55. The van der Waals surface area contributed by atoms with Crippen LogP contribution < -0.4 is 15.8 Å². The number of hydrogen-bond acceptors (Lipinski definition) is 5. The van der Waals surface area contributed by atoms with Crippen LogP contribution in [0.3, 0.4) is 0 Å². The quantitative estimate of drug-likeness (QED) is 0.267. The van der Waals surface area contributed by atoms with Crippen molar-refractivity contribution in [3.63, 3.8) is 0 Å². The Morgan fingerprint density at radius 1 is 1.15 bits per heavy atom. The van der Waals surface area contributed by atoms with Crippen molar-refractivity contribution >= 4 is 22.7 Å². The molecule has 208 valence electrons. The van der Waals surface area contributed by atoms with Crippen molar-refractivity contribution in [1.29, 1.82) is 0 Å². The number of halogens is 5. The minimum Gasteiger partial charge on any atom is -0.489 e. The predicted molar refractivity (Wildman–Crippen MR) is 132 cm³/mol. The lowest BCUT2D eigenvalue weighted by atomic mass is 9.81. The third-order valence-corrected chi connectivity index (χ3v) is 7.05. The molecule has 5 rings (SSSR count). The van der Waals surface area contributed by atoms with Crippen LogP contribution in [0.4, 0.5) is 22.0 Å². The summed E-state index contributed by atoms with van der Waals surface area (Å²) in [7, 11) is 0. The third-order valence-electron chi connectivity index (χ3n) is 7.05. The molecule has 2 amide bonds. The molecule has 5 N–H and O–H groups in total. The largest absolute Gasteiger partial charge is 0.489 e. The van der Waals surface area contributed by atoms with E-state index in [2.05, 4.69) is 15.3 Å². The van der Waals surface area contributed by atoms with Crippen LogP contribution in [0.2, 0.25) is 0 Å². The van der Waals surface area contributed by atoms with Crippen LogP contribution >= 0.6 is 0 Å². The summed E-state index contributed by atoms with van der Waals surface area (Å²) in [5.74, 6) is -3.24. The summed E-state index contributed by atoms with van der Waals surface area (Å²) in [6.07, 6.45) is -4.02. The summed E-state index contributed by atoms with van der Waals surface area (Å²) in [6, 6.07) is 8.90. The van der Waals surface area contributed by atoms with Crippen LogP contribution in [0.25, 0.3) is 22.2 Å². The number of nitrogens with zero attached hydrogens (tertiary/aromatic N) is 1. The van der Waals surface area contributed by atoms with Crippen molar-refractivity contribution in [2.24, 2.45) is 5.73 Å². The first kappa shape index (κ1) is 27.1. The summed E-state index contributed by atoms with van der Waals surface area (Å²) in [6.45, 7) is -0.337. The van der Waals surface area contributed by atoms with E-state index in [1.807, 2.05) is 0 Å². The number of nitrogens with two attached hydrogens (primary N) is 1. The molecule has 40 heavy (non-hydrogen) atoms. The Morgan fingerprint density at radius 3 is 2.50 bits per heavy atom. The van der Waals surface area contributed by atoms with Gasteiger partial charge in [0.15, 0.2) is 0 Å². The summed E-state index contributed by atoms with van der Waals surface area (Å²) in [5.41, 5.74) is -0.973. The van der Waals surface area contributed by atoms with Crippen molar-refractivity contribution in [3.05, 3.63) is 83.2 Å². The van der Waals surface area contributed by atoms with Gasteiger partial charge in [-0.15, -0.1) is 0 Å². The molecule has 2 aromatic carbocycles. The molecule has 0 bridgehead atoms. The number of pyridine rings is 1. The van der Waals surface area contributed by atoms with Gasteiger partial charge in [0.1, 0.15) is 35.1 Å². The molecule has 4 aromatic rings. The van der Waals surface area contributed by atoms with Gasteiger partial charge in [-0.3, -0.25) is 9.59 Å². The molecule has 8 nitrogen and oxygen atoms in total. The number of fused-ring (bicyclic) bond motifs is 2. The maximum absolute atomic E-state index is 14.5. The second-order valence-electron chi connectivity index (χ2n) is 9.63. The number of ether oxygens (including phenoxy) is 1. The maximum Gasteiger partial charge on any atom is 0.424 e. The lowest BCUT2D eigenvalue weighted by Crippen LogP contribution is -2.51. The Morgan fingerprint density at radius 2 is 1.85 bits per heavy atom. The van der Waals surface area contributed by atoms with Gasteiger partial charge < -0.3 is 25.9 Å². The molecule has 1 aliphatic heterocycles. The number of hydrogen-bond donors (Lipinski definition) is 4. The number of benzene rings is 2. The molecule has 3 heterocycles. The predicted octanol–water partition coefficient (Wildman–Crippen LogP) is 3.82. The topological polar surface area (TPSA) is 130 Å². The van der Waals surface area contributed by atoms with E-state index in [1.165, 1.54) is 31.3 Å². The van der Waals surface area contributed by atoms with Crippen molar-refractivity contribution in [2.75, 3.05) is 13.2 Å². The number of rotatable bonds is 6. The molecule has 0 saturated carbocycles. The summed E-state index contributed by atoms with van der Waals surface area (Å²) >= 11 is 0. The Bertz CT molecular complexity index is 1650. The van der Waals surface area contributed by atoms with Crippen LogP contribution in [0, 0.1) is 11.6 Å². The number of primary amides is 1. The second kappa shape index (κ2) is 9.30. The molecule has 0 aliphatic carbocycles. The highest BCUT2D eigenvalue weighted by Crippen LogP contribution is 2.47.